The number of allylic oxidation sites excluding steroid dienone is 1. The summed E-state index contributed by atoms with van der Waals surface area (Å²) in [5.41, 5.74) is 3.77. The molecule has 2 aromatic heterocycles. The molecule has 2 atom stereocenters. The lowest BCUT2D eigenvalue weighted by Crippen LogP contribution is -2.38. The van der Waals surface area contributed by atoms with Crippen LogP contribution in [0.4, 0.5) is 8.78 Å². The van der Waals surface area contributed by atoms with Crippen LogP contribution in [0.15, 0.2) is 52.9 Å². The second kappa shape index (κ2) is 10.2. The zero-order chi connectivity index (χ0) is 26.3. The Morgan fingerprint density at radius 2 is 2.14 bits per heavy atom. The highest BCUT2D eigenvalue weighted by Crippen LogP contribution is 2.47. The summed E-state index contributed by atoms with van der Waals surface area (Å²) >= 11 is 8.12. The fraction of sp³-hybridized carbons (Fsp3) is 0.348. The van der Waals surface area contributed by atoms with E-state index >= 15 is 0 Å². The summed E-state index contributed by atoms with van der Waals surface area (Å²) < 4.78 is 56.3. The first-order chi connectivity index (χ1) is 17.7. The molecule has 1 fully saturated rings. The summed E-state index contributed by atoms with van der Waals surface area (Å²) in [5, 5.41) is 6.92. The number of hydrogen-bond acceptors (Lipinski definition) is 7. The van der Waals surface area contributed by atoms with Crippen LogP contribution < -0.4 is 9.44 Å². The molecule has 2 aliphatic rings. The van der Waals surface area contributed by atoms with Gasteiger partial charge in [0.15, 0.2) is 10.8 Å². The van der Waals surface area contributed by atoms with Gasteiger partial charge in [0.2, 0.25) is 0 Å². The van der Waals surface area contributed by atoms with Crippen LogP contribution in [0.5, 0.6) is 0 Å². The number of nitrogens with zero attached hydrogens (tertiary/aromatic N) is 5. The van der Waals surface area contributed by atoms with Crippen molar-refractivity contribution >= 4 is 44.6 Å². The first-order valence-electron chi connectivity index (χ1n) is 11.4. The molecule has 0 saturated carbocycles. The number of nitrogens with one attached hydrogen (secondary N) is 2. The number of amidine groups is 1. The smallest absolute Gasteiger partial charge is 0.327 e. The lowest BCUT2D eigenvalue weighted by molar-refractivity contribution is 0.0566. The molecule has 196 valence electrons. The molecule has 9 nitrogen and oxygen atoms in total. The Balaban J connectivity index is 1.66. The number of aromatic nitrogens is 3. The number of alkyl halides is 2. The van der Waals surface area contributed by atoms with Gasteiger partial charge in [-0.2, -0.15) is 22.3 Å². The van der Waals surface area contributed by atoms with Gasteiger partial charge in [0, 0.05) is 59.8 Å². The molecule has 0 bridgehead atoms. The minimum Gasteiger partial charge on any atom is -0.327 e. The molecule has 37 heavy (non-hydrogen) atoms. The van der Waals surface area contributed by atoms with Crippen LogP contribution in [0, 0.1) is 12.8 Å². The standard InChI is InChI=1S/C23H24ClF2N7O2S2/c1-13-3-4-16(17(24)7-13)20-19(15-10-29-33(12-15)23(25)26)18-8-14(9-30-37(34,35)27-2)11-32(18)21(31-20)22-28-5-6-36-22/h3-7,10,12,14,20,23,27,30H,8-9,11H2,1-2H3/t14?,20-/m0/s1. The van der Waals surface area contributed by atoms with Crippen molar-refractivity contribution in [1.82, 2.24) is 29.1 Å². The van der Waals surface area contributed by atoms with Crippen LogP contribution in [0.2, 0.25) is 5.02 Å². The van der Waals surface area contributed by atoms with E-state index in [4.69, 9.17) is 16.6 Å². The van der Waals surface area contributed by atoms with Gasteiger partial charge in [0.25, 0.3) is 10.2 Å². The number of fused-ring (bicyclic) bond motifs is 1. The first kappa shape index (κ1) is 25.9. The summed E-state index contributed by atoms with van der Waals surface area (Å²) in [7, 11) is -2.28. The minimum atomic E-state index is -3.62. The minimum absolute atomic E-state index is 0.101. The van der Waals surface area contributed by atoms with E-state index < -0.39 is 22.8 Å². The van der Waals surface area contributed by atoms with E-state index in [-0.39, 0.29) is 12.5 Å². The number of aliphatic imine (C=N–C) groups is 1. The Kier molecular flexibility index (Phi) is 7.16. The third kappa shape index (κ3) is 5.18. The van der Waals surface area contributed by atoms with Crippen LogP contribution in [0.3, 0.4) is 0 Å². The van der Waals surface area contributed by atoms with Gasteiger partial charge >= 0.3 is 6.55 Å². The van der Waals surface area contributed by atoms with Crippen molar-refractivity contribution in [1.29, 1.82) is 0 Å². The molecule has 1 saturated heterocycles. The van der Waals surface area contributed by atoms with E-state index in [0.29, 0.717) is 44.6 Å². The van der Waals surface area contributed by atoms with Gasteiger partial charge in [-0.05, 0) is 36.5 Å². The Morgan fingerprint density at radius 3 is 2.78 bits per heavy atom. The number of hydrogen-bond donors (Lipinski definition) is 2. The van der Waals surface area contributed by atoms with Gasteiger partial charge in [-0.3, -0.25) is 4.99 Å². The molecule has 5 rings (SSSR count). The van der Waals surface area contributed by atoms with Crippen LogP contribution in [0.1, 0.15) is 40.7 Å². The number of aryl methyl sites for hydroxylation is 1. The lowest BCUT2D eigenvalue weighted by atomic mass is 9.90. The van der Waals surface area contributed by atoms with Gasteiger partial charge in [-0.15, -0.1) is 11.3 Å². The summed E-state index contributed by atoms with van der Waals surface area (Å²) in [5.74, 6) is 0.534. The van der Waals surface area contributed by atoms with Crippen molar-refractivity contribution in [3.63, 3.8) is 0 Å². The molecule has 14 heteroatoms. The van der Waals surface area contributed by atoms with E-state index in [1.807, 2.05) is 35.4 Å². The van der Waals surface area contributed by atoms with Gasteiger partial charge in [-0.25, -0.2) is 19.1 Å². The Labute approximate surface area is 222 Å². The van der Waals surface area contributed by atoms with E-state index in [1.54, 1.807) is 6.20 Å². The maximum Gasteiger partial charge on any atom is 0.333 e. The molecule has 3 aromatic rings. The fourth-order valence-electron chi connectivity index (χ4n) is 4.63. The summed E-state index contributed by atoms with van der Waals surface area (Å²) in [6.07, 6.45) is 4.90. The van der Waals surface area contributed by atoms with Crippen LogP contribution in [0.25, 0.3) is 5.57 Å². The number of benzene rings is 1. The summed E-state index contributed by atoms with van der Waals surface area (Å²) in [4.78, 5) is 11.5. The molecule has 0 spiro atoms. The quantitative estimate of drug-likeness (QED) is 0.428. The number of thiazole rings is 1. The monoisotopic (exact) mass is 567 g/mol. The topological polar surface area (TPSA) is 105 Å². The van der Waals surface area contributed by atoms with Crippen LogP contribution in [-0.2, 0) is 10.2 Å². The van der Waals surface area contributed by atoms with E-state index in [2.05, 4.69) is 19.5 Å². The maximum absolute atomic E-state index is 13.4. The zero-order valence-electron chi connectivity index (χ0n) is 19.9. The normalized spacial score (nSPS) is 20.1. The third-order valence-electron chi connectivity index (χ3n) is 6.36. The molecule has 0 radical (unpaired) electrons. The molecular formula is C23H24ClF2N7O2S2. The molecule has 4 heterocycles. The first-order valence-corrected chi connectivity index (χ1v) is 14.2. The van der Waals surface area contributed by atoms with Crippen molar-refractivity contribution in [3.8, 4) is 0 Å². The molecule has 0 aliphatic carbocycles. The SMILES string of the molecule is CNS(=O)(=O)NCC1CC2=C(c3cnn(C(F)F)c3)[C@H](c3ccc(C)cc3Cl)N=C(c3nccs3)N2C1. The second-order valence-corrected chi connectivity index (χ2v) is 11.8. The maximum atomic E-state index is 13.4. The molecule has 2 aliphatic heterocycles. The van der Waals surface area contributed by atoms with Crippen molar-refractivity contribution in [3.05, 3.63) is 74.6 Å². The van der Waals surface area contributed by atoms with E-state index in [0.717, 1.165) is 16.8 Å². The average Bonchev–Trinajstić information content (AvgIpc) is 3.63. The van der Waals surface area contributed by atoms with E-state index in [9.17, 15) is 17.2 Å². The van der Waals surface area contributed by atoms with Gasteiger partial charge in [0.05, 0.1) is 6.20 Å². The summed E-state index contributed by atoms with van der Waals surface area (Å²) in [6.45, 7) is -0.195. The predicted octanol–water partition coefficient (Wildman–Crippen LogP) is 3.99. The molecule has 0 amide bonds. The molecule has 1 aromatic carbocycles. The third-order valence-corrected chi connectivity index (χ3v) is 8.54. The highest BCUT2D eigenvalue weighted by atomic mass is 35.5. The van der Waals surface area contributed by atoms with Crippen molar-refractivity contribution in [2.45, 2.75) is 25.9 Å². The second-order valence-electron chi connectivity index (χ2n) is 8.80. The van der Waals surface area contributed by atoms with Crippen molar-refractivity contribution in [2.24, 2.45) is 10.9 Å². The van der Waals surface area contributed by atoms with Crippen LogP contribution in [-0.4, -0.2) is 54.1 Å². The van der Waals surface area contributed by atoms with E-state index in [1.165, 1.54) is 30.8 Å². The predicted molar refractivity (Wildman–Crippen MR) is 139 cm³/mol. The Morgan fingerprint density at radius 1 is 1.32 bits per heavy atom. The van der Waals surface area contributed by atoms with Crippen molar-refractivity contribution < 1.29 is 17.2 Å². The van der Waals surface area contributed by atoms with Gasteiger partial charge in [0.1, 0.15) is 6.04 Å². The fourth-order valence-corrected chi connectivity index (χ4v) is 6.21. The molecular weight excluding hydrogens is 544 g/mol. The van der Waals surface area contributed by atoms with Crippen molar-refractivity contribution in [2.75, 3.05) is 20.1 Å². The number of rotatable bonds is 8. The molecule has 2 N–H and O–H groups in total. The lowest BCUT2D eigenvalue weighted by Gasteiger charge is -2.32. The average molecular weight is 568 g/mol. The highest BCUT2D eigenvalue weighted by molar-refractivity contribution is 7.87. The largest absolute Gasteiger partial charge is 0.333 e. The molecule has 1 unspecified atom stereocenters. The zero-order valence-corrected chi connectivity index (χ0v) is 22.3. The Bertz CT molecular complexity index is 1470. The Hall–Kier alpha value is -2.71. The summed E-state index contributed by atoms with van der Waals surface area (Å²) in [6, 6.07) is 5.07. The number of halogens is 3. The van der Waals surface area contributed by atoms with Crippen LogP contribution >= 0.6 is 22.9 Å². The highest BCUT2D eigenvalue weighted by Gasteiger charge is 2.40. The van der Waals surface area contributed by atoms with Gasteiger partial charge < -0.3 is 4.90 Å². The van der Waals surface area contributed by atoms with Gasteiger partial charge in [-0.1, -0.05) is 23.7 Å².